The topological polar surface area (TPSA) is 41.4 Å². The molecule has 5 nitrogen and oxygen atoms in total. The summed E-state index contributed by atoms with van der Waals surface area (Å²) in [5.41, 5.74) is 6.67. The van der Waals surface area contributed by atoms with Crippen LogP contribution in [0.15, 0.2) is 91.0 Å². The van der Waals surface area contributed by atoms with Crippen molar-refractivity contribution in [2.24, 2.45) is 0 Å². The van der Waals surface area contributed by atoms with E-state index in [0.717, 1.165) is 31.6 Å². The van der Waals surface area contributed by atoms with Crippen LogP contribution in [0.2, 0.25) is 0 Å². The molecule has 0 N–H and O–H groups in total. The standard InChI is InChI=1S/C30H32N4O/c1-32(2)30(35)29-27-22-33(19-18-28(27)34(31-29)20-23-12-6-3-7-13-23)21-26(24-14-8-4-9-15-24)25-16-10-5-11-17-25/h3-17,26H,18-22H2,1-2H3. The van der Waals surface area contributed by atoms with Gasteiger partial charge in [0.05, 0.1) is 6.54 Å². The van der Waals surface area contributed by atoms with Gasteiger partial charge in [0.15, 0.2) is 5.69 Å². The van der Waals surface area contributed by atoms with Crippen molar-refractivity contribution in [1.82, 2.24) is 19.6 Å². The van der Waals surface area contributed by atoms with Crippen molar-refractivity contribution < 1.29 is 4.79 Å². The maximum Gasteiger partial charge on any atom is 0.274 e. The number of nitrogens with zero attached hydrogens (tertiary/aromatic N) is 4. The van der Waals surface area contributed by atoms with Gasteiger partial charge in [0.2, 0.25) is 0 Å². The van der Waals surface area contributed by atoms with Crippen molar-refractivity contribution in [3.05, 3.63) is 125 Å². The molecule has 1 aliphatic rings. The Morgan fingerprint density at radius 3 is 2.03 bits per heavy atom. The molecule has 0 bridgehead atoms. The van der Waals surface area contributed by atoms with E-state index in [4.69, 9.17) is 5.10 Å². The van der Waals surface area contributed by atoms with Crippen LogP contribution in [-0.4, -0.2) is 52.7 Å². The Balaban J connectivity index is 1.45. The summed E-state index contributed by atoms with van der Waals surface area (Å²) in [4.78, 5) is 17.2. The van der Waals surface area contributed by atoms with Gasteiger partial charge in [-0.1, -0.05) is 91.0 Å². The SMILES string of the molecule is CN(C)C(=O)c1nn(Cc2ccccc2)c2c1CN(CC(c1ccccc1)c1ccccc1)CC2. The number of rotatable bonds is 7. The summed E-state index contributed by atoms with van der Waals surface area (Å²) >= 11 is 0. The summed E-state index contributed by atoms with van der Waals surface area (Å²) in [6, 6.07) is 31.8. The van der Waals surface area contributed by atoms with Crippen molar-refractivity contribution in [3.63, 3.8) is 0 Å². The molecule has 0 aliphatic carbocycles. The number of hydrogen-bond acceptors (Lipinski definition) is 3. The van der Waals surface area contributed by atoms with E-state index < -0.39 is 0 Å². The van der Waals surface area contributed by atoms with Gasteiger partial charge < -0.3 is 4.90 Å². The Hall–Kier alpha value is -3.70. The molecule has 0 atom stereocenters. The molecule has 1 amide bonds. The molecule has 0 radical (unpaired) electrons. The second kappa shape index (κ2) is 10.3. The van der Waals surface area contributed by atoms with E-state index in [1.165, 1.54) is 22.4 Å². The number of carbonyl (C=O) groups is 1. The molecule has 0 saturated carbocycles. The molecular formula is C30H32N4O. The molecule has 4 aromatic rings. The fraction of sp³-hybridized carbons (Fsp3) is 0.267. The third kappa shape index (κ3) is 5.05. The summed E-state index contributed by atoms with van der Waals surface area (Å²) in [5, 5.41) is 4.84. The van der Waals surface area contributed by atoms with Crippen LogP contribution in [0.1, 0.15) is 44.4 Å². The molecule has 35 heavy (non-hydrogen) atoms. The lowest BCUT2D eigenvalue weighted by atomic mass is 9.90. The van der Waals surface area contributed by atoms with Gasteiger partial charge in [-0.3, -0.25) is 14.4 Å². The van der Waals surface area contributed by atoms with E-state index >= 15 is 0 Å². The van der Waals surface area contributed by atoms with Gasteiger partial charge >= 0.3 is 0 Å². The second-order valence-electron chi connectivity index (χ2n) is 9.48. The number of benzene rings is 3. The smallest absolute Gasteiger partial charge is 0.274 e. The van der Waals surface area contributed by atoms with Crippen LogP contribution in [0.4, 0.5) is 0 Å². The van der Waals surface area contributed by atoms with Crippen LogP contribution in [0.25, 0.3) is 0 Å². The largest absolute Gasteiger partial charge is 0.343 e. The minimum absolute atomic E-state index is 0.0300. The fourth-order valence-corrected chi connectivity index (χ4v) is 5.01. The number of hydrogen-bond donors (Lipinski definition) is 0. The van der Waals surface area contributed by atoms with E-state index in [1.54, 1.807) is 19.0 Å². The van der Waals surface area contributed by atoms with Gasteiger partial charge in [-0.15, -0.1) is 0 Å². The molecule has 0 spiro atoms. The fourth-order valence-electron chi connectivity index (χ4n) is 5.01. The lowest BCUT2D eigenvalue weighted by Gasteiger charge is -2.32. The van der Waals surface area contributed by atoms with Crippen LogP contribution in [0, 0.1) is 0 Å². The first kappa shape index (κ1) is 23.1. The quantitative estimate of drug-likeness (QED) is 0.394. The summed E-state index contributed by atoms with van der Waals surface area (Å²) in [7, 11) is 3.60. The first-order chi connectivity index (χ1) is 17.1. The minimum Gasteiger partial charge on any atom is -0.343 e. The predicted octanol–water partition coefficient (Wildman–Crippen LogP) is 4.82. The Labute approximate surface area is 207 Å². The molecule has 1 aliphatic heterocycles. The van der Waals surface area contributed by atoms with Gasteiger partial charge in [-0.2, -0.15) is 5.10 Å². The Morgan fingerprint density at radius 1 is 0.886 bits per heavy atom. The summed E-state index contributed by atoms with van der Waals surface area (Å²) in [6.07, 6.45) is 0.881. The second-order valence-corrected chi connectivity index (χ2v) is 9.48. The molecule has 3 aromatic carbocycles. The van der Waals surface area contributed by atoms with Crippen LogP contribution in [-0.2, 0) is 19.5 Å². The minimum atomic E-state index is -0.0300. The number of aromatic nitrogens is 2. The van der Waals surface area contributed by atoms with Crippen molar-refractivity contribution in [2.75, 3.05) is 27.2 Å². The third-order valence-corrected chi connectivity index (χ3v) is 6.84. The number of carbonyl (C=O) groups excluding carboxylic acids is 1. The molecule has 5 heteroatoms. The predicted molar refractivity (Wildman–Crippen MR) is 139 cm³/mol. The molecule has 0 unspecified atom stereocenters. The zero-order valence-electron chi connectivity index (χ0n) is 20.5. The number of fused-ring (bicyclic) bond motifs is 1. The van der Waals surface area contributed by atoms with Crippen LogP contribution < -0.4 is 0 Å². The summed E-state index contributed by atoms with van der Waals surface area (Å²) in [5.74, 6) is 0.240. The van der Waals surface area contributed by atoms with Crippen LogP contribution in [0.5, 0.6) is 0 Å². The molecule has 1 aromatic heterocycles. The van der Waals surface area contributed by atoms with Crippen molar-refractivity contribution >= 4 is 5.91 Å². The molecule has 0 fully saturated rings. The maximum atomic E-state index is 13.1. The van der Waals surface area contributed by atoms with E-state index in [-0.39, 0.29) is 11.8 Å². The van der Waals surface area contributed by atoms with Crippen molar-refractivity contribution in [3.8, 4) is 0 Å². The molecule has 0 saturated heterocycles. The molecule has 2 heterocycles. The van der Waals surface area contributed by atoms with Gasteiger partial charge in [0, 0.05) is 57.3 Å². The lowest BCUT2D eigenvalue weighted by Crippen LogP contribution is -2.35. The van der Waals surface area contributed by atoms with E-state index in [1.807, 2.05) is 22.9 Å². The summed E-state index contributed by atoms with van der Waals surface area (Å²) < 4.78 is 2.05. The summed E-state index contributed by atoms with van der Waals surface area (Å²) in [6.45, 7) is 3.25. The van der Waals surface area contributed by atoms with Gasteiger partial charge in [0.25, 0.3) is 5.91 Å². The average molecular weight is 465 g/mol. The zero-order valence-corrected chi connectivity index (χ0v) is 20.5. The lowest BCUT2D eigenvalue weighted by molar-refractivity contribution is 0.0818. The highest BCUT2D eigenvalue weighted by molar-refractivity contribution is 5.93. The Kier molecular flexibility index (Phi) is 6.77. The third-order valence-electron chi connectivity index (χ3n) is 6.84. The van der Waals surface area contributed by atoms with Gasteiger partial charge in [0.1, 0.15) is 0 Å². The van der Waals surface area contributed by atoms with E-state index in [0.29, 0.717) is 12.2 Å². The maximum absolute atomic E-state index is 13.1. The normalized spacial score (nSPS) is 13.6. The highest BCUT2D eigenvalue weighted by Crippen LogP contribution is 2.30. The van der Waals surface area contributed by atoms with Gasteiger partial charge in [-0.25, -0.2) is 0 Å². The molecular weight excluding hydrogens is 432 g/mol. The Morgan fingerprint density at radius 2 is 1.46 bits per heavy atom. The highest BCUT2D eigenvalue weighted by atomic mass is 16.2. The zero-order chi connectivity index (χ0) is 24.2. The van der Waals surface area contributed by atoms with Gasteiger partial charge in [-0.05, 0) is 16.7 Å². The van der Waals surface area contributed by atoms with E-state index in [9.17, 15) is 4.79 Å². The number of amides is 1. The van der Waals surface area contributed by atoms with Crippen molar-refractivity contribution in [1.29, 1.82) is 0 Å². The average Bonchev–Trinajstić information content (AvgIpc) is 3.25. The molecule has 5 rings (SSSR count). The van der Waals surface area contributed by atoms with E-state index in [2.05, 4.69) is 77.7 Å². The highest BCUT2D eigenvalue weighted by Gasteiger charge is 2.30. The molecule has 178 valence electrons. The van der Waals surface area contributed by atoms with Crippen LogP contribution in [0.3, 0.4) is 0 Å². The first-order valence-corrected chi connectivity index (χ1v) is 12.3. The first-order valence-electron chi connectivity index (χ1n) is 12.3. The van der Waals surface area contributed by atoms with Crippen LogP contribution >= 0.6 is 0 Å². The van der Waals surface area contributed by atoms with Crippen molar-refractivity contribution in [2.45, 2.75) is 25.4 Å². The Bertz CT molecular complexity index is 1230. The monoisotopic (exact) mass is 464 g/mol.